The number of nitrogens with zero attached hydrogens (tertiary/aromatic N) is 2. The van der Waals surface area contributed by atoms with Crippen molar-refractivity contribution in [3.8, 4) is 0 Å². The van der Waals surface area contributed by atoms with Gasteiger partial charge in [0.25, 0.3) is 0 Å². The number of benzene rings is 2. The van der Waals surface area contributed by atoms with Crippen LogP contribution in [0.4, 0.5) is 5.13 Å². The molecule has 2 aliphatic heterocycles. The Balaban J connectivity index is 1.32. The van der Waals surface area contributed by atoms with Gasteiger partial charge in [0.15, 0.2) is 5.13 Å². The van der Waals surface area contributed by atoms with Crippen molar-refractivity contribution in [3.05, 3.63) is 81.3 Å². The summed E-state index contributed by atoms with van der Waals surface area (Å²) < 4.78 is 5.57. The van der Waals surface area contributed by atoms with Crippen LogP contribution in [0.1, 0.15) is 34.5 Å². The van der Waals surface area contributed by atoms with Crippen LogP contribution in [0.2, 0.25) is 5.02 Å². The van der Waals surface area contributed by atoms with Crippen molar-refractivity contribution in [1.29, 1.82) is 0 Å². The van der Waals surface area contributed by atoms with Gasteiger partial charge in [-0.25, -0.2) is 4.98 Å². The number of thiazole rings is 1. The fraction of sp³-hybridized carbons (Fsp3) is 0.360. The van der Waals surface area contributed by atoms with Crippen molar-refractivity contribution in [2.75, 3.05) is 25.1 Å². The summed E-state index contributed by atoms with van der Waals surface area (Å²) in [5.74, 6) is -0.0182. The molecule has 2 aliphatic rings. The zero-order valence-corrected chi connectivity index (χ0v) is 19.4. The standard InChI is InChI=1S/C25H26ClN3O2S/c26-20-8-4-7-19(15-20)25(10-13-31-14-11-25)23(30)28-24-27-21-9-12-29(17-22(21)32-24)16-18-5-2-1-3-6-18/h1-8,15H,9-14,16-17H2,(H,27,28,30). The normalized spacial score (nSPS) is 18.2. The molecule has 1 aromatic heterocycles. The Labute approximate surface area is 197 Å². The maximum atomic E-state index is 13.6. The summed E-state index contributed by atoms with van der Waals surface area (Å²) in [5, 5.41) is 4.48. The molecule has 0 unspecified atom stereocenters. The number of carbonyl (C=O) groups is 1. The number of nitrogens with one attached hydrogen (secondary N) is 1. The molecule has 32 heavy (non-hydrogen) atoms. The zero-order valence-electron chi connectivity index (χ0n) is 17.9. The average molecular weight is 468 g/mol. The first-order chi connectivity index (χ1) is 15.6. The molecule has 3 aromatic rings. The highest BCUT2D eigenvalue weighted by molar-refractivity contribution is 7.15. The van der Waals surface area contributed by atoms with Crippen LogP contribution < -0.4 is 5.32 Å². The van der Waals surface area contributed by atoms with E-state index in [1.807, 2.05) is 30.3 Å². The van der Waals surface area contributed by atoms with E-state index in [1.165, 1.54) is 10.4 Å². The Kier molecular flexibility index (Phi) is 6.28. The minimum Gasteiger partial charge on any atom is -0.381 e. The molecule has 3 heterocycles. The number of ether oxygens (including phenoxy) is 1. The Hall–Kier alpha value is -2.25. The molecule has 1 N–H and O–H groups in total. The van der Waals surface area contributed by atoms with Crippen LogP contribution in [0.15, 0.2) is 54.6 Å². The lowest BCUT2D eigenvalue weighted by Crippen LogP contribution is -2.44. The van der Waals surface area contributed by atoms with E-state index >= 15 is 0 Å². The largest absolute Gasteiger partial charge is 0.381 e. The highest BCUT2D eigenvalue weighted by Gasteiger charge is 2.42. The molecule has 7 heteroatoms. The second kappa shape index (κ2) is 9.32. The predicted molar refractivity (Wildman–Crippen MR) is 128 cm³/mol. The summed E-state index contributed by atoms with van der Waals surface area (Å²) in [6, 6.07) is 18.2. The Morgan fingerprint density at radius 1 is 1.16 bits per heavy atom. The number of amides is 1. The molecule has 0 bridgehead atoms. The average Bonchev–Trinajstić information content (AvgIpc) is 3.21. The molecule has 0 saturated carbocycles. The third-order valence-electron chi connectivity index (χ3n) is 6.44. The summed E-state index contributed by atoms with van der Waals surface area (Å²) in [5.41, 5.74) is 2.73. The minimum absolute atomic E-state index is 0.0182. The first-order valence-corrected chi connectivity index (χ1v) is 12.2. The van der Waals surface area contributed by atoms with Crippen LogP contribution in [0.3, 0.4) is 0 Å². The number of halogens is 1. The predicted octanol–water partition coefficient (Wildman–Crippen LogP) is 5.04. The van der Waals surface area contributed by atoms with Crippen molar-refractivity contribution >= 4 is 34.0 Å². The van der Waals surface area contributed by atoms with E-state index in [-0.39, 0.29) is 5.91 Å². The maximum Gasteiger partial charge on any atom is 0.236 e. The smallest absolute Gasteiger partial charge is 0.236 e. The van der Waals surface area contributed by atoms with E-state index in [2.05, 4.69) is 34.5 Å². The fourth-order valence-corrected chi connectivity index (χ4v) is 5.88. The van der Waals surface area contributed by atoms with Crippen molar-refractivity contribution in [2.45, 2.75) is 37.8 Å². The first-order valence-electron chi connectivity index (χ1n) is 11.0. The van der Waals surface area contributed by atoms with Gasteiger partial charge in [-0.15, -0.1) is 11.3 Å². The van der Waals surface area contributed by atoms with E-state index in [1.54, 1.807) is 11.3 Å². The summed E-state index contributed by atoms with van der Waals surface area (Å²) in [4.78, 5) is 22.0. The SMILES string of the molecule is O=C(Nc1nc2c(s1)CN(Cc1ccccc1)CC2)C1(c2cccc(Cl)c2)CCOCC1. The van der Waals surface area contributed by atoms with Gasteiger partial charge in [0.2, 0.25) is 5.91 Å². The number of carbonyl (C=O) groups excluding carboxylic acids is 1. The van der Waals surface area contributed by atoms with Crippen LogP contribution in [0, 0.1) is 0 Å². The van der Waals surface area contributed by atoms with Crippen LogP contribution in [-0.2, 0) is 34.5 Å². The van der Waals surface area contributed by atoms with Gasteiger partial charge in [0, 0.05) is 49.2 Å². The lowest BCUT2D eigenvalue weighted by Gasteiger charge is -2.36. The van der Waals surface area contributed by atoms with Crippen LogP contribution in [0.5, 0.6) is 0 Å². The molecule has 1 saturated heterocycles. The number of hydrogen-bond donors (Lipinski definition) is 1. The summed E-state index contributed by atoms with van der Waals surface area (Å²) in [6.07, 6.45) is 2.17. The highest BCUT2D eigenvalue weighted by atomic mass is 35.5. The molecule has 2 aromatic carbocycles. The second-order valence-corrected chi connectivity index (χ2v) is 10.0. The Bertz CT molecular complexity index is 1100. The third kappa shape index (κ3) is 4.46. The summed E-state index contributed by atoms with van der Waals surface area (Å²) in [6.45, 7) is 3.89. The van der Waals surface area contributed by atoms with E-state index < -0.39 is 5.41 Å². The number of aromatic nitrogens is 1. The van der Waals surface area contributed by atoms with E-state index in [0.29, 0.717) is 36.2 Å². The molecule has 0 spiro atoms. The third-order valence-corrected chi connectivity index (χ3v) is 7.67. The fourth-order valence-electron chi connectivity index (χ4n) is 4.65. The van der Waals surface area contributed by atoms with Crippen LogP contribution in [-0.4, -0.2) is 35.5 Å². The molecule has 5 nitrogen and oxygen atoms in total. The maximum absolute atomic E-state index is 13.6. The molecule has 1 amide bonds. The summed E-state index contributed by atoms with van der Waals surface area (Å²) in [7, 11) is 0. The molecular weight excluding hydrogens is 442 g/mol. The molecule has 0 radical (unpaired) electrons. The molecule has 0 atom stereocenters. The quantitative estimate of drug-likeness (QED) is 0.571. The first kappa shape index (κ1) is 21.6. The van der Waals surface area contributed by atoms with Gasteiger partial charge in [-0.2, -0.15) is 0 Å². The monoisotopic (exact) mass is 467 g/mol. The van der Waals surface area contributed by atoms with Gasteiger partial charge < -0.3 is 10.1 Å². The highest BCUT2D eigenvalue weighted by Crippen LogP contribution is 2.38. The molecule has 1 fully saturated rings. The molecule has 5 rings (SSSR count). The van der Waals surface area contributed by atoms with Gasteiger partial charge in [-0.05, 0) is 36.1 Å². The van der Waals surface area contributed by atoms with Gasteiger partial charge in [-0.1, -0.05) is 54.1 Å². The number of anilines is 1. The van der Waals surface area contributed by atoms with Gasteiger partial charge in [-0.3, -0.25) is 9.69 Å². The van der Waals surface area contributed by atoms with Crippen molar-refractivity contribution in [3.63, 3.8) is 0 Å². The Morgan fingerprint density at radius 2 is 1.97 bits per heavy atom. The number of hydrogen-bond acceptors (Lipinski definition) is 5. The zero-order chi connectivity index (χ0) is 22.0. The van der Waals surface area contributed by atoms with E-state index in [4.69, 9.17) is 21.3 Å². The molecule has 166 valence electrons. The molecular formula is C25H26ClN3O2S. The molecule has 0 aliphatic carbocycles. The van der Waals surface area contributed by atoms with Crippen LogP contribution >= 0.6 is 22.9 Å². The van der Waals surface area contributed by atoms with Crippen molar-refractivity contribution in [1.82, 2.24) is 9.88 Å². The van der Waals surface area contributed by atoms with Crippen molar-refractivity contribution in [2.24, 2.45) is 0 Å². The topological polar surface area (TPSA) is 54.5 Å². The van der Waals surface area contributed by atoms with E-state index in [9.17, 15) is 4.79 Å². The van der Waals surface area contributed by atoms with Gasteiger partial charge in [0.1, 0.15) is 0 Å². The van der Waals surface area contributed by atoms with Crippen molar-refractivity contribution < 1.29 is 9.53 Å². The van der Waals surface area contributed by atoms with Gasteiger partial charge in [0.05, 0.1) is 11.1 Å². The second-order valence-electron chi connectivity index (χ2n) is 8.49. The summed E-state index contributed by atoms with van der Waals surface area (Å²) >= 11 is 7.85. The Morgan fingerprint density at radius 3 is 2.75 bits per heavy atom. The van der Waals surface area contributed by atoms with Gasteiger partial charge >= 0.3 is 0 Å². The lowest BCUT2D eigenvalue weighted by molar-refractivity contribution is -0.125. The number of rotatable bonds is 5. The minimum atomic E-state index is -0.644. The number of fused-ring (bicyclic) bond motifs is 1. The lowest BCUT2D eigenvalue weighted by atomic mass is 9.73. The van der Waals surface area contributed by atoms with Crippen LogP contribution in [0.25, 0.3) is 0 Å². The van der Waals surface area contributed by atoms with E-state index in [0.717, 1.165) is 37.3 Å².